The molecule has 23 heavy (non-hydrogen) atoms. The van der Waals surface area contributed by atoms with Gasteiger partial charge in [0.05, 0.1) is 15.6 Å². The molecule has 118 valence electrons. The van der Waals surface area contributed by atoms with Gasteiger partial charge in [-0.1, -0.05) is 29.3 Å². The van der Waals surface area contributed by atoms with E-state index >= 15 is 0 Å². The van der Waals surface area contributed by atoms with E-state index in [1.807, 2.05) is 37.3 Å². The van der Waals surface area contributed by atoms with E-state index in [0.29, 0.717) is 21.4 Å². The van der Waals surface area contributed by atoms with Crippen LogP contribution in [0.4, 0.5) is 17.5 Å². The molecule has 0 spiro atoms. The van der Waals surface area contributed by atoms with Crippen LogP contribution in [0, 0.1) is 0 Å². The zero-order chi connectivity index (χ0) is 16.6. The first-order valence-corrected chi connectivity index (χ1v) is 7.74. The average Bonchev–Trinajstić information content (AvgIpc) is 2.50. The van der Waals surface area contributed by atoms with Gasteiger partial charge in [-0.2, -0.15) is 4.98 Å². The van der Waals surface area contributed by atoms with E-state index in [-0.39, 0.29) is 12.0 Å². The van der Waals surface area contributed by atoms with Crippen LogP contribution in [0.25, 0.3) is 10.9 Å². The molecule has 1 unspecified atom stereocenters. The van der Waals surface area contributed by atoms with Crippen LogP contribution in [0.15, 0.2) is 36.4 Å². The smallest absolute Gasteiger partial charge is 0.222 e. The zero-order valence-electron chi connectivity index (χ0n) is 12.3. The van der Waals surface area contributed by atoms with Gasteiger partial charge in [-0.05, 0) is 42.8 Å². The summed E-state index contributed by atoms with van der Waals surface area (Å²) in [5, 5.41) is 5.22. The van der Waals surface area contributed by atoms with Crippen LogP contribution in [0.3, 0.4) is 0 Å². The molecule has 1 aromatic heterocycles. The van der Waals surface area contributed by atoms with Gasteiger partial charge < -0.3 is 16.8 Å². The standard InChI is InChI=1S/C16H15Cl2N5/c1-8(9-2-4-12(17)13(18)6-9)21-10-3-5-14-11(7-10)15(19)23-16(20)22-14/h2-8,21H,1H3,(H4,19,20,22,23). The summed E-state index contributed by atoms with van der Waals surface area (Å²) < 4.78 is 0. The first kappa shape index (κ1) is 15.6. The summed E-state index contributed by atoms with van der Waals surface area (Å²) in [7, 11) is 0. The molecule has 3 aromatic rings. The van der Waals surface area contributed by atoms with Crippen LogP contribution < -0.4 is 16.8 Å². The summed E-state index contributed by atoms with van der Waals surface area (Å²) >= 11 is 12.0. The van der Waals surface area contributed by atoms with Gasteiger partial charge in [-0.25, -0.2) is 4.98 Å². The summed E-state index contributed by atoms with van der Waals surface area (Å²) in [6.45, 7) is 2.03. The van der Waals surface area contributed by atoms with E-state index < -0.39 is 0 Å². The van der Waals surface area contributed by atoms with Gasteiger partial charge in [0.15, 0.2) is 0 Å². The molecule has 5 nitrogen and oxygen atoms in total. The predicted octanol–water partition coefficient (Wildman–Crippen LogP) is 4.27. The van der Waals surface area contributed by atoms with Crippen LogP contribution in [0.5, 0.6) is 0 Å². The lowest BCUT2D eigenvalue weighted by atomic mass is 10.1. The number of anilines is 3. The molecule has 0 bridgehead atoms. The Morgan fingerprint density at radius 3 is 2.52 bits per heavy atom. The molecule has 2 aromatic carbocycles. The summed E-state index contributed by atoms with van der Waals surface area (Å²) in [6, 6.07) is 11.3. The van der Waals surface area contributed by atoms with Crippen LogP contribution in [0.2, 0.25) is 10.0 Å². The first-order chi connectivity index (χ1) is 10.9. The maximum atomic E-state index is 6.07. The fourth-order valence-electron chi connectivity index (χ4n) is 2.38. The average molecular weight is 348 g/mol. The fraction of sp³-hybridized carbons (Fsp3) is 0.125. The van der Waals surface area contributed by atoms with E-state index in [1.54, 1.807) is 6.07 Å². The molecular weight excluding hydrogens is 333 g/mol. The molecule has 7 heteroatoms. The minimum atomic E-state index is 0.0399. The molecular formula is C16H15Cl2N5. The molecule has 0 saturated carbocycles. The van der Waals surface area contributed by atoms with Crippen molar-refractivity contribution in [1.29, 1.82) is 0 Å². The molecule has 0 saturated heterocycles. The highest BCUT2D eigenvalue weighted by atomic mass is 35.5. The number of halogens is 2. The van der Waals surface area contributed by atoms with Gasteiger partial charge in [0.1, 0.15) is 5.82 Å². The molecule has 1 heterocycles. The summed E-state index contributed by atoms with van der Waals surface area (Å²) in [5.41, 5.74) is 14.2. The SMILES string of the molecule is CC(Nc1ccc2nc(N)nc(N)c2c1)c1ccc(Cl)c(Cl)c1. The van der Waals surface area contributed by atoms with Crippen molar-refractivity contribution in [2.24, 2.45) is 0 Å². The van der Waals surface area contributed by atoms with Crippen molar-refractivity contribution in [3.05, 3.63) is 52.0 Å². The number of benzene rings is 2. The van der Waals surface area contributed by atoms with Crippen molar-refractivity contribution in [3.63, 3.8) is 0 Å². The van der Waals surface area contributed by atoms with Gasteiger partial charge in [-0.3, -0.25) is 0 Å². The molecule has 3 rings (SSSR count). The van der Waals surface area contributed by atoms with E-state index in [2.05, 4.69) is 15.3 Å². The quantitative estimate of drug-likeness (QED) is 0.657. The lowest BCUT2D eigenvalue weighted by Crippen LogP contribution is -2.07. The monoisotopic (exact) mass is 347 g/mol. The Balaban J connectivity index is 1.90. The minimum absolute atomic E-state index is 0.0399. The van der Waals surface area contributed by atoms with Crippen LogP contribution in [0.1, 0.15) is 18.5 Å². The molecule has 0 radical (unpaired) electrons. The van der Waals surface area contributed by atoms with Crippen LogP contribution in [-0.4, -0.2) is 9.97 Å². The third kappa shape index (κ3) is 3.25. The first-order valence-electron chi connectivity index (χ1n) is 6.98. The third-order valence-corrected chi connectivity index (χ3v) is 4.31. The van der Waals surface area contributed by atoms with E-state index in [9.17, 15) is 0 Å². The van der Waals surface area contributed by atoms with Gasteiger partial charge in [-0.15, -0.1) is 0 Å². The maximum absolute atomic E-state index is 6.07. The lowest BCUT2D eigenvalue weighted by Gasteiger charge is -2.17. The predicted molar refractivity (Wildman–Crippen MR) is 96.9 cm³/mol. The Labute approximate surface area is 143 Å². The Morgan fingerprint density at radius 1 is 1.00 bits per heavy atom. The molecule has 1 atom stereocenters. The highest BCUT2D eigenvalue weighted by molar-refractivity contribution is 6.42. The van der Waals surface area contributed by atoms with Crippen molar-refractivity contribution >= 4 is 51.6 Å². The molecule has 0 fully saturated rings. The minimum Gasteiger partial charge on any atom is -0.383 e. The lowest BCUT2D eigenvalue weighted by molar-refractivity contribution is 0.885. The number of nitrogens with one attached hydrogen (secondary N) is 1. The van der Waals surface area contributed by atoms with E-state index in [0.717, 1.165) is 16.6 Å². The zero-order valence-corrected chi connectivity index (χ0v) is 13.9. The Hall–Kier alpha value is -2.24. The normalized spacial score (nSPS) is 12.3. The number of nitrogens with two attached hydrogens (primary N) is 2. The summed E-state index contributed by atoms with van der Waals surface area (Å²) in [6.07, 6.45) is 0. The van der Waals surface area contributed by atoms with Crippen molar-refractivity contribution in [3.8, 4) is 0 Å². The summed E-state index contributed by atoms with van der Waals surface area (Å²) in [4.78, 5) is 8.15. The second-order valence-corrected chi connectivity index (χ2v) is 6.05. The molecule has 0 aliphatic heterocycles. The fourth-order valence-corrected chi connectivity index (χ4v) is 2.68. The van der Waals surface area contributed by atoms with Crippen LogP contribution in [-0.2, 0) is 0 Å². The Kier molecular flexibility index (Phi) is 4.15. The van der Waals surface area contributed by atoms with Crippen molar-refractivity contribution in [2.75, 3.05) is 16.8 Å². The van der Waals surface area contributed by atoms with Gasteiger partial charge >= 0.3 is 0 Å². The topological polar surface area (TPSA) is 89.8 Å². The highest BCUT2D eigenvalue weighted by Gasteiger charge is 2.09. The van der Waals surface area contributed by atoms with Gasteiger partial charge in [0.2, 0.25) is 5.95 Å². The molecule has 5 N–H and O–H groups in total. The number of nitrogens with zero attached hydrogens (tertiary/aromatic N) is 2. The van der Waals surface area contributed by atoms with Gasteiger partial charge in [0.25, 0.3) is 0 Å². The molecule has 0 aliphatic carbocycles. The number of aromatic nitrogens is 2. The van der Waals surface area contributed by atoms with Crippen LogP contribution >= 0.6 is 23.2 Å². The number of hydrogen-bond acceptors (Lipinski definition) is 5. The Morgan fingerprint density at radius 2 is 1.78 bits per heavy atom. The third-order valence-electron chi connectivity index (χ3n) is 3.57. The molecule has 0 amide bonds. The summed E-state index contributed by atoms with van der Waals surface area (Å²) in [5.74, 6) is 0.526. The number of hydrogen-bond donors (Lipinski definition) is 3. The number of fused-ring (bicyclic) bond motifs is 1. The second kappa shape index (κ2) is 6.10. The largest absolute Gasteiger partial charge is 0.383 e. The van der Waals surface area contributed by atoms with E-state index in [4.69, 9.17) is 34.7 Å². The van der Waals surface area contributed by atoms with Gasteiger partial charge in [0, 0.05) is 17.1 Å². The highest BCUT2D eigenvalue weighted by Crippen LogP contribution is 2.29. The number of rotatable bonds is 3. The number of nitrogen functional groups attached to an aromatic ring is 2. The second-order valence-electron chi connectivity index (χ2n) is 5.24. The van der Waals surface area contributed by atoms with Crippen molar-refractivity contribution in [2.45, 2.75) is 13.0 Å². The maximum Gasteiger partial charge on any atom is 0.222 e. The van der Waals surface area contributed by atoms with E-state index in [1.165, 1.54) is 0 Å². The molecule has 0 aliphatic rings. The Bertz CT molecular complexity index is 882. The van der Waals surface area contributed by atoms with Crippen molar-refractivity contribution in [1.82, 2.24) is 9.97 Å². The van der Waals surface area contributed by atoms with Crippen molar-refractivity contribution < 1.29 is 0 Å².